The molecule has 0 saturated carbocycles. The van der Waals surface area contributed by atoms with E-state index in [0.29, 0.717) is 18.0 Å². The number of hydrogen-bond donors (Lipinski definition) is 1. The number of para-hydroxylation sites is 2. The van der Waals surface area contributed by atoms with E-state index in [0.717, 1.165) is 28.8 Å². The lowest BCUT2D eigenvalue weighted by Crippen LogP contribution is -2.28. The summed E-state index contributed by atoms with van der Waals surface area (Å²) in [4.78, 5) is 16.9. The molecule has 0 atom stereocenters. The molecule has 0 bridgehead atoms. The minimum Gasteiger partial charge on any atom is -0.355 e. The van der Waals surface area contributed by atoms with Gasteiger partial charge in [-0.2, -0.15) is 0 Å². The third-order valence-electron chi connectivity index (χ3n) is 3.86. The Kier molecular flexibility index (Phi) is 5.16. The van der Waals surface area contributed by atoms with E-state index >= 15 is 0 Å². The van der Waals surface area contributed by atoms with E-state index in [-0.39, 0.29) is 12.5 Å². The number of amides is 1. The summed E-state index contributed by atoms with van der Waals surface area (Å²) in [7, 11) is 0. The summed E-state index contributed by atoms with van der Waals surface area (Å²) < 4.78 is 1.99. The summed E-state index contributed by atoms with van der Waals surface area (Å²) in [5, 5.41) is 3.63. The van der Waals surface area contributed by atoms with Crippen molar-refractivity contribution in [3.05, 3.63) is 64.9 Å². The van der Waals surface area contributed by atoms with E-state index < -0.39 is 0 Å². The van der Waals surface area contributed by atoms with Gasteiger partial charge in [0.1, 0.15) is 12.4 Å². The van der Waals surface area contributed by atoms with Gasteiger partial charge in [0, 0.05) is 18.0 Å². The molecule has 1 heterocycles. The minimum absolute atomic E-state index is 0.00680. The first-order chi connectivity index (χ1) is 11.7. The zero-order valence-electron chi connectivity index (χ0n) is 13.6. The molecule has 1 amide bonds. The van der Waals surface area contributed by atoms with Gasteiger partial charge in [-0.15, -0.1) is 0 Å². The lowest BCUT2D eigenvalue weighted by atomic mass is 10.1. The normalized spacial score (nSPS) is 10.9. The van der Waals surface area contributed by atoms with Crippen LogP contribution in [0.5, 0.6) is 0 Å². The van der Waals surface area contributed by atoms with Gasteiger partial charge in [0.25, 0.3) is 0 Å². The average Bonchev–Trinajstić information content (AvgIpc) is 2.90. The zero-order chi connectivity index (χ0) is 16.9. The molecular formula is C19H20ClN3O. The van der Waals surface area contributed by atoms with Gasteiger partial charge < -0.3 is 9.88 Å². The van der Waals surface area contributed by atoms with E-state index in [2.05, 4.69) is 5.32 Å². The fourth-order valence-electron chi connectivity index (χ4n) is 2.73. The van der Waals surface area contributed by atoms with Crippen molar-refractivity contribution in [1.82, 2.24) is 14.9 Å². The lowest BCUT2D eigenvalue weighted by molar-refractivity contribution is -0.121. The fourth-order valence-corrected chi connectivity index (χ4v) is 2.94. The van der Waals surface area contributed by atoms with Gasteiger partial charge in [-0.05, 0) is 36.2 Å². The van der Waals surface area contributed by atoms with Crippen LogP contribution in [0, 0.1) is 0 Å². The van der Waals surface area contributed by atoms with Crippen LogP contribution < -0.4 is 5.32 Å². The Morgan fingerprint density at radius 2 is 2.04 bits per heavy atom. The summed E-state index contributed by atoms with van der Waals surface area (Å²) in [5.41, 5.74) is 2.95. The Morgan fingerprint density at radius 3 is 2.83 bits per heavy atom. The molecule has 3 rings (SSSR count). The molecular weight excluding hydrogens is 322 g/mol. The van der Waals surface area contributed by atoms with E-state index in [1.807, 2.05) is 60.0 Å². The van der Waals surface area contributed by atoms with Crippen LogP contribution in [0.15, 0.2) is 48.5 Å². The maximum atomic E-state index is 12.2. The van der Waals surface area contributed by atoms with Crippen molar-refractivity contribution < 1.29 is 4.79 Å². The number of aromatic nitrogens is 2. The number of rotatable bonds is 6. The fraction of sp³-hybridized carbons (Fsp3) is 0.263. The molecule has 3 aromatic rings. The van der Waals surface area contributed by atoms with Gasteiger partial charge in [0.05, 0.1) is 11.0 Å². The van der Waals surface area contributed by atoms with Crippen molar-refractivity contribution >= 4 is 28.5 Å². The topological polar surface area (TPSA) is 46.9 Å². The van der Waals surface area contributed by atoms with Crippen molar-refractivity contribution in [3.63, 3.8) is 0 Å². The van der Waals surface area contributed by atoms with Crippen LogP contribution in [0.1, 0.15) is 24.7 Å². The largest absolute Gasteiger partial charge is 0.355 e. The molecule has 0 fully saturated rings. The number of nitrogens with one attached hydrogen (secondary N) is 1. The first-order valence-corrected chi connectivity index (χ1v) is 8.50. The second-order valence-corrected chi connectivity index (χ2v) is 6.20. The van der Waals surface area contributed by atoms with Gasteiger partial charge in [0.15, 0.2) is 0 Å². The highest BCUT2D eigenvalue weighted by Gasteiger charge is 2.14. The monoisotopic (exact) mass is 341 g/mol. The maximum absolute atomic E-state index is 12.2. The van der Waals surface area contributed by atoms with Crippen LogP contribution in [0.3, 0.4) is 0 Å². The average molecular weight is 342 g/mol. The third-order valence-corrected chi connectivity index (χ3v) is 4.09. The van der Waals surface area contributed by atoms with Crippen LogP contribution in [0.2, 0.25) is 5.02 Å². The van der Waals surface area contributed by atoms with Crippen molar-refractivity contribution in [2.75, 3.05) is 6.54 Å². The highest BCUT2D eigenvalue weighted by Crippen LogP contribution is 2.20. The van der Waals surface area contributed by atoms with Crippen LogP contribution >= 0.6 is 11.6 Å². The molecule has 1 aromatic heterocycles. The summed E-state index contributed by atoms with van der Waals surface area (Å²) in [6.07, 6.45) is 1.56. The third kappa shape index (κ3) is 3.77. The number of fused-ring (bicyclic) bond motifs is 1. The first kappa shape index (κ1) is 16.5. The maximum Gasteiger partial charge on any atom is 0.240 e. The van der Waals surface area contributed by atoms with Gasteiger partial charge in [-0.3, -0.25) is 4.79 Å². The predicted molar refractivity (Wildman–Crippen MR) is 97.3 cm³/mol. The van der Waals surface area contributed by atoms with E-state index in [9.17, 15) is 4.79 Å². The second-order valence-electron chi connectivity index (χ2n) is 5.76. The number of imidazole rings is 1. The number of carbonyl (C=O) groups is 1. The molecule has 0 unspecified atom stereocenters. The Balaban J connectivity index is 1.94. The molecule has 0 saturated heterocycles. The van der Waals surface area contributed by atoms with Gasteiger partial charge >= 0.3 is 0 Å². The lowest BCUT2D eigenvalue weighted by Gasteiger charge is -2.10. The number of halogens is 1. The molecule has 2 aromatic carbocycles. The number of hydrogen-bond acceptors (Lipinski definition) is 2. The SMILES string of the molecule is CCCNC(=O)Cn1c(Cc2cccc(Cl)c2)nc2ccccc21. The molecule has 0 aliphatic heterocycles. The molecule has 1 N–H and O–H groups in total. The number of carbonyl (C=O) groups excluding carboxylic acids is 1. The number of nitrogens with zero attached hydrogens (tertiary/aromatic N) is 2. The standard InChI is InChI=1S/C19H20ClN3O/c1-2-10-21-19(24)13-23-17-9-4-3-8-16(17)22-18(23)12-14-6-5-7-15(20)11-14/h3-9,11H,2,10,12-13H2,1H3,(H,21,24). The van der Waals surface area contributed by atoms with E-state index in [1.165, 1.54) is 0 Å². The Hall–Kier alpha value is -2.33. The summed E-state index contributed by atoms with van der Waals surface area (Å²) in [5.74, 6) is 0.873. The van der Waals surface area contributed by atoms with Crippen molar-refractivity contribution in [2.45, 2.75) is 26.3 Å². The Labute approximate surface area is 146 Å². The van der Waals surface area contributed by atoms with Gasteiger partial charge in [0.2, 0.25) is 5.91 Å². The molecule has 0 aliphatic rings. The Bertz CT molecular complexity index is 857. The van der Waals surface area contributed by atoms with Crippen molar-refractivity contribution in [2.24, 2.45) is 0 Å². The molecule has 124 valence electrons. The molecule has 0 radical (unpaired) electrons. The second kappa shape index (κ2) is 7.49. The minimum atomic E-state index is 0.00680. The van der Waals surface area contributed by atoms with E-state index in [4.69, 9.17) is 16.6 Å². The van der Waals surface area contributed by atoms with Crippen LogP contribution in [0.25, 0.3) is 11.0 Å². The molecule has 4 nitrogen and oxygen atoms in total. The van der Waals surface area contributed by atoms with Crippen LogP contribution in [-0.2, 0) is 17.8 Å². The van der Waals surface area contributed by atoms with Crippen molar-refractivity contribution in [1.29, 1.82) is 0 Å². The molecule has 0 spiro atoms. The van der Waals surface area contributed by atoms with Gasteiger partial charge in [-0.25, -0.2) is 4.98 Å². The van der Waals surface area contributed by atoms with Gasteiger partial charge in [-0.1, -0.05) is 42.8 Å². The smallest absolute Gasteiger partial charge is 0.240 e. The first-order valence-electron chi connectivity index (χ1n) is 8.12. The molecule has 0 aliphatic carbocycles. The van der Waals surface area contributed by atoms with Crippen LogP contribution in [0.4, 0.5) is 0 Å². The van der Waals surface area contributed by atoms with Crippen molar-refractivity contribution in [3.8, 4) is 0 Å². The number of benzene rings is 2. The highest BCUT2D eigenvalue weighted by atomic mass is 35.5. The Morgan fingerprint density at radius 1 is 1.21 bits per heavy atom. The molecule has 5 heteroatoms. The van der Waals surface area contributed by atoms with E-state index in [1.54, 1.807) is 0 Å². The summed E-state index contributed by atoms with van der Waals surface area (Å²) >= 11 is 6.08. The predicted octanol–water partition coefficient (Wildman–Crippen LogP) is 3.81. The highest BCUT2D eigenvalue weighted by molar-refractivity contribution is 6.30. The van der Waals surface area contributed by atoms with Crippen LogP contribution in [-0.4, -0.2) is 22.0 Å². The zero-order valence-corrected chi connectivity index (χ0v) is 14.4. The quantitative estimate of drug-likeness (QED) is 0.741. The molecule has 24 heavy (non-hydrogen) atoms. The summed E-state index contributed by atoms with van der Waals surface area (Å²) in [6.45, 7) is 3.00. The summed E-state index contributed by atoms with van der Waals surface area (Å²) in [6, 6.07) is 15.6.